The van der Waals surface area contributed by atoms with Crippen LogP contribution in [0.5, 0.6) is 0 Å². The summed E-state index contributed by atoms with van der Waals surface area (Å²) in [7, 11) is 0. The molecule has 1 fully saturated rings. The molecule has 0 saturated carbocycles. The van der Waals surface area contributed by atoms with Crippen LogP contribution in [0.1, 0.15) is 19.8 Å². The fourth-order valence-electron chi connectivity index (χ4n) is 1.60. The van der Waals surface area contributed by atoms with E-state index in [1.807, 2.05) is 0 Å². The minimum Gasteiger partial charge on any atom is -0.379 e. The summed E-state index contributed by atoms with van der Waals surface area (Å²) >= 11 is 0. The number of hydrogen-bond donors (Lipinski definition) is 2. The fraction of sp³-hybridized carbons (Fsp3) is 1.00. The molecule has 0 spiro atoms. The van der Waals surface area contributed by atoms with Gasteiger partial charge in [0.1, 0.15) is 0 Å². The molecule has 0 aromatic carbocycles. The van der Waals surface area contributed by atoms with Crippen LogP contribution in [0, 0.1) is 0 Å². The number of nitrogens with two attached hydrogens (primary N) is 1. The highest BCUT2D eigenvalue weighted by atomic mass is 16.5. The maximum Gasteiger partial charge on any atom is 0.0660 e. The van der Waals surface area contributed by atoms with Crippen molar-refractivity contribution in [2.75, 3.05) is 26.3 Å². The molecule has 0 amide bonds. The van der Waals surface area contributed by atoms with Crippen molar-refractivity contribution in [3.8, 4) is 0 Å². The predicted molar refractivity (Wildman–Crippen MR) is 45.5 cm³/mol. The summed E-state index contributed by atoms with van der Waals surface area (Å²) in [6.45, 7) is 5.43. The molecule has 0 radical (unpaired) electrons. The third-order valence-corrected chi connectivity index (χ3v) is 2.26. The van der Waals surface area contributed by atoms with Gasteiger partial charge in [-0.05, 0) is 19.4 Å². The van der Waals surface area contributed by atoms with Gasteiger partial charge in [-0.1, -0.05) is 6.92 Å². The molecule has 1 saturated heterocycles. The van der Waals surface area contributed by atoms with E-state index in [0.29, 0.717) is 6.54 Å². The van der Waals surface area contributed by atoms with E-state index >= 15 is 0 Å². The van der Waals surface area contributed by atoms with Gasteiger partial charge in [0.15, 0.2) is 0 Å². The van der Waals surface area contributed by atoms with E-state index in [2.05, 4.69) is 12.2 Å². The van der Waals surface area contributed by atoms with Crippen molar-refractivity contribution in [1.82, 2.24) is 5.32 Å². The Balaban J connectivity index is 2.42. The van der Waals surface area contributed by atoms with Gasteiger partial charge in [0.25, 0.3) is 0 Å². The highest BCUT2D eigenvalue weighted by molar-refractivity contribution is 4.90. The lowest BCUT2D eigenvalue weighted by Crippen LogP contribution is -2.56. The molecule has 1 heterocycles. The number of nitrogens with one attached hydrogen (secondary N) is 1. The van der Waals surface area contributed by atoms with Crippen LogP contribution in [0.25, 0.3) is 0 Å². The summed E-state index contributed by atoms with van der Waals surface area (Å²) in [5.74, 6) is 0. The molecule has 1 aliphatic rings. The van der Waals surface area contributed by atoms with Crippen molar-refractivity contribution >= 4 is 0 Å². The fourth-order valence-corrected chi connectivity index (χ4v) is 1.60. The lowest BCUT2D eigenvalue weighted by molar-refractivity contribution is 0.0250. The van der Waals surface area contributed by atoms with Gasteiger partial charge in [-0.3, -0.25) is 0 Å². The Labute approximate surface area is 68.3 Å². The molecule has 1 aliphatic heterocycles. The van der Waals surface area contributed by atoms with Crippen molar-refractivity contribution in [2.24, 2.45) is 5.73 Å². The molecule has 3 nitrogen and oxygen atoms in total. The molecule has 0 unspecified atom stereocenters. The Hall–Kier alpha value is -0.120. The predicted octanol–water partition coefficient (Wildman–Crippen LogP) is 0.104. The van der Waals surface area contributed by atoms with Crippen LogP contribution in [0.15, 0.2) is 0 Å². The SMILES string of the molecule is CCN[C@]1(CN)CCCOC1. The van der Waals surface area contributed by atoms with Gasteiger partial charge in [-0.15, -0.1) is 0 Å². The second kappa shape index (κ2) is 4.04. The average Bonchev–Trinajstić information content (AvgIpc) is 2.07. The minimum atomic E-state index is 0.0764. The summed E-state index contributed by atoms with van der Waals surface area (Å²) in [6.07, 6.45) is 2.28. The first-order chi connectivity index (χ1) is 5.33. The molecular weight excluding hydrogens is 140 g/mol. The van der Waals surface area contributed by atoms with E-state index < -0.39 is 0 Å². The quantitative estimate of drug-likeness (QED) is 0.612. The Morgan fingerprint density at radius 3 is 2.91 bits per heavy atom. The molecular formula is C8H18N2O. The molecule has 1 rings (SSSR count). The van der Waals surface area contributed by atoms with Crippen molar-refractivity contribution in [1.29, 1.82) is 0 Å². The maximum atomic E-state index is 5.68. The number of rotatable bonds is 3. The first-order valence-electron chi connectivity index (χ1n) is 4.36. The molecule has 66 valence electrons. The third kappa shape index (κ3) is 2.15. The highest BCUT2D eigenvalue weighted by Crippen LogP contribution is 2.17. The van der Waals surface area contributed by atoms with Gasteiger partial charge < -0.3 is 15.8 Å². The molecule has 0 aromatic rings. The standard InChI is InChI=1S/C8H18N2O/c1-2-10-8(6-9)4-3-5-11-7-8/h10H,2-7,9H2,1H3/t8-/m0/s1. The topological polar surface area (TPSA) is 47.3 Å². The molecule has 1 atom stereocenters. The third-order valence-electron chi connectivity index (χ3n) is 2.26. The van der Waals surface area contributed by atoms with Crippen LogP contribution in [-0.4, -0.2) is 31.8 Å². The Morgan fingerprint density at radius 2 is 2.45 bits per heavy atom. The normalized spacial score (nSPS) is 32.2. The van der Waals surface area contributed by atoms with Crippen LogP contribution in [-0.2, 0) is 4.74 Å². The van der Waals surface area contributed by atoms with E-state index in [4.69, 9.17) is 10.5 Å². The van der Waals surface area contributed by atoms with Crippen LogP contribution >= 0.6 is 0 Å². The molecule has 3 heteroatoms. The van der Waals surface area contributed by atoms with E-state index in [-0.39, 0.29) is 5.54 Å². The Kier molecular flexibility index (Phi) is 3.30. The van der Waals surface area contributed by atoms with E-state index in [0.717, 1.165) is 32.6 Å². The Bertz CT molecular complexity index is 105. The summed E-state index contributed by atoms with van der Waals surface area (Å²) in [5, 5.41) is 3.40. The number of hydrogen-bond acceptors (Lipinski definition) is 3. The van der Waals surface area contributed by atoms with Crippen molar-refractivity contribution in [3.05, 3.63) is 0 Å². The van der Waals surface area contributed by atoms with Crippen molar-refractivity contribution in [2.45, 2.75) is 25.3 Å². The van der Waals surface area contributed by atoms with E-state index in [9.17, 15) is 0 Å². The van der Waals surface area contributed by atoms with Crippen molar-refractivity contribution < 1.29 is 4.74 Å². The smallest absolute Gasteiger partial charge is 0.0660 e. The molecule has 0 aromatic heterocycles. The molecule has 0 aliphatic carbocycles. The lowest BCUT2D eigenvalue weighted by atomic mass is 9.92. The first kappa shape index (κ1) is 8.97. The van der Waals surface area contributed by atoms with Gasteiger partial charge in [0.05, 0.1) is 12.1 Å². The monoisotopic (exact) mass is 158 g/mol. The summed E-state index contributed by atoms with van der Waals surface area (Å²) < 4.78 is 5.39. The van der Waals surface area contributed by atoms with Gasteiger partial charge in [-0.2, -0.15) is 0 Å². The largest absolute Gasteiger partial charge is 0.379 e. The van der Waals surface area contributed by atoms with Gasteiger partial charge in [0, 0.05) is 13.2 Å². The minimum absolute atomic E-state index is 0.0764. The van der Waals surface area contributed by atoms with Crippen LogP contribution in [0.2, 0.25) is 0 Å². The van der Waals surface area contributed by atoms with Gasteiger partial charge in [-0.25, -0.2) is 0 Å². The van der Waals surface area contributed by atoms with E-state index in [1.54, 1.807) is 0 Å². The first-order valence-corrected chi connectivity index (χ1v) is 4.36. The van der Waals surface area contributed by atoms with Crippen LogP contribution in [0.3, 0.4) is 0 Å². The maximum absolute atomic E-state index is 5.68. The second-order valence-corrected chi connectivity index (χ2v) is 3.17. The molecule has 11 heavy (non-hydrogen) atoms. The molecule has 3 N–H and O–H groups in total. The zero-order chi connectivity index (χ0) is 8.16. The Morgan fingerprint density at radius 1 is 1.64 bits per heavy atom. The number of likely N-dealkylation sites (N-methyl/N-ethyl adjacent to an activating group) is 1. The van der Waals surface area contributed by atoms with Gasteiger partial charge >= 0.3 is 0 Å². The zero-order valence-corrected chi connectivity index (χ0v) is 7.23. The van der Waals surface area contributed by atoms with Gasteiger partial charge in [0.2, 0.25) is 0 Å². The lowest BCUT2D eigenvalue weighted by Gasteiger charge is -2.36. The van der Waals surface area contributed by atoms with Crippen LogP contribution in [0.4, 0.5) is 0 Å². The second-order valence-electron chi connectivity index (χ2n) is 3.17. The molecule has 0 bridgehead atoms. The zero-order valence-electron chi connectivity index (χ0n) is 7.23. The highest BCUT2D eigenvalue weighted by Gasteiger charge is 2.29. The average molecular weight is 158 g/mol. The van der Waals surface area contributed by atoms with E-state index in [1.165, 1.54) is 0 Å². The van der Waals surface area contributed by atoms with Crippen LogP contribution < -0.4 is 11.1 Å². The van der Waals surface area contributed by atoms with Crippen molar-refractivity contribution in [3.63, 3.8) is 0 Å². The number of ether oxygens (including phenoxy) is 1. The summed E-state index contributed by atoms with van der Waals surface area (Å²) in [5.41, 5.74) is 5.76. The summed E-state index contributed by atoms with van der Waals surface area (Å²) in [4.78, 5) is 0. The summed E-state index contributed by atoms with van der Waals surface area (Å²) in [6, 6.07) is 0.